The van der Waals surface area contributed by atoms with E-state index in [1.165, 1.54) is 32.4 Å². The molecule has 0 spiro atoms. The van der Waals surface area contributed by atoms with E-state index in [9.17, 15) is 0 Å². The Kier molecular flexibility index (Phi) is 11.7. The lowest BCUT2D eigenvalue weighted by Crippen LogP contribution is -2.41. The number of aliphatic imine (C=N–C) groups is 1. The minimum absolute atomic E-state index is 0. The molecule has 0 radical (unpaired) electrons. The van der Waals surface area contributed by atoms with Gasteiger partial charge in [0, 0.05) is 51.5 Å². The van der Waals surface area contributed by atoms with Gasteiger partial charge in [0.2, 0.25) is 0 Å². The first-order valence-electron chi connectivity index (χ1n) is 9.99. The maximum absolute atomic E-state index is 4.74. The molecule has 0 saturated carbocycles. The zero-order chi connectivity index (χ0) is 18.8. The summed E-state index contributed by atoms with van der Waals surface area (Å²) in [6, 6.07) is 4.80. The number of hydrogen-bond donors (Lipinski definition) is 2. The van der Waals surface area contributed by atoms with Crippen LogP contribution in [0.4, 0.5) is 5.82 Å². The highest BCUT2D eigenvalue weighted by atomic mass is 127. The van der Waals surface area contributed by atoms with Gasteiger partial charge in [-0.2, -0.15) is 0 Å². The summed E-state index contributed by atoms with van der Waals surface area (Å²) in [7, 11) is 4.03. The molecular formula is C20H37IN6. The topological polar surface area (TPSA) is 55.8 Å². The highest BCUT2D eigenvalue weighted by Gasteiger charge is 2.17. The molecule has 7 heteroatoms. The Morgan fingerprint density at radius 1 is 1.33 bits per heavy atom. The Hall–Kier alpha value is -1.09. The van der Waals surface area contributed by atoms with Crippen LogP contribution in [0.15, 0.2) is 23.3 Å². The average molecular weight is 488 g/mol. The molecule has 1 fully saturated rings. The molecule has 0 aromatic carbocycles. The molecular weight excluding hydrogens is 451 g/mol. The average Bonchev–Trinajstić information content (AvgIpc) is 2.64. The summed E-state index contributed by atoms with van der Waals surface area (Å²) in [5.41, 5.74) is 1.14. The van der Waals surface area contributed by atoms with Crippen LogP contribution in [-0.4, -0.2) is 62.2 Å². The van der Waals surface area contributed by atoms with Crippen molar-refractivity contribution in [1.29, 1.82) is 0 Å². The van der Waals surface area contributed by atoms with Crippen molar-refractivity contribution in [2.24, 2.45) is 4.99 Å². The van der Waals surface area contributed by atoms with E-state index in [4.69, 9.17) is 4.99 Å². The molecule has 6 nitrogen and oxygen atoms in total. The van der Waals surface area contributed by atoms with Crippen LogP contribution in [0, 0.1) is 0 Å². The number of nitrogens with zero attached hydrogens (tertiary/aromatic N) is 4. The van der Waals surface area contributed by atoms with Gasteiger partial charge in [-0.15, -0.1) is 24.0 Å². The molecule has 1 atom stereocenters. The van der Waals surface area contributed by atoms with E-state index >= 15 is 0 Å². The quantitative estimate of drug-likeness (QED) is 0.255. The second-order valence-electron chi connectivity index (χ2n) is 7.24. The van der Waals surface area contributed by atoms with Gasteiger partial charge in [-0.1, -0.05) is 12.5 Å². The number of piperidine rings is 1. The summed E-state index contributed by atoms with van der Waals surface area (Å²) < 4.78 is 0. The molecule has 2 rings (SSSR count). The van der Waals surface area contributed by atoms with Crippen molar-refractivity contribution in [1.82, 2.24) is 20.5 Å². The zero-order valence-electron chi connectivity index (χ0n) is 17.4. The summed E-state index contributed by atoms with van der Waals surface area (Å²) in [5.74, 6) is 1.86. The smallest absolute Gasteiger partial charge is 0.191 e. The lowest BCUT2D eigenvalue weighted by Gasteiger charge is -2.33. The van der Waals surface area contributed by atoms with Gasteiger partial charge in [-0.05, 0) is 45.7 Å². The van der Waals surface area contributed by atoms with Crippen LogP contribution in [0.2, 0.25) is 0 Å². The lowest BCUT2D eigenvalue weighted by molar-refractivity contribution is 0.159. The van der Waals surface area contributed by atoms with E-state index in [0.29, 0.717) is 6.54 Å². The highest BCUT2D eigenvalue weighted by molar-refractivity contribution is 14.0. The van der Waals surface area contributed by atoms with E-state index in [0.717, 1.165) is 42.9 Å². The second kappa shape index (κ2) is 13.1. The Morgan fingerprint density at radius 3 is 2.85 bits per heavy atom. The lowest BCUT2D eigenvalue weighted by atomic mass is 10.0. The first kappa shape index (κ1) is 23.9. The predicted octanol–water partition coefficient (Wildman–Crippen LogP) is 3.09. The molecule has 27 heavy (non-hydrogen) atoms. The third-order valence-corrected chi connectivity index (χ3v) is 4.90. The predicted molar refractivity (Wildman–Crippen MR) is 126 cm³/mol. The van der Waals surface area contributed by atoms with Crippen LogP contribution >= 0.6 is 24.0 Å². The Bertz CT molecular complexity index is 563. The van der Waals surface area contributed by atoms with E-state index in [1.807, 2.05) is 31.3 Å². The fourth-order valence-electron chi connectivity index (χ4n) is 3.44. The first-order chi connectivity index (χ1) is 12.6. The highest BCUT2D eigenvalue weighted by Crippen LogP contribution is 2.16. The van der Waals surface area contributed by atoms with Crippen LogP contribution in [0.5, 0.6) is 0 Å². The molecule has 1 aromatic heterocycles. The van der Waals surface area contributed by atoms with Gasteiger partial charge in [0.05, 0.1) is 6.54 Å². The monoisotopic (exact) mass is 488 g/mol. The van der Waals surface area contributed by atoms with Gasteiger partial charge in [-0.25, -0.2) is 9.98 Å². The fraction of sp³-hybridized carbons (Fsp3) is 0.700. The maximum atomic E-state index is 4.74. The zero-order valence-corrected chi connectivity index (χ0v) is 19.7. The van der Waals surface area contributed by atoms with Crippen molar-refractivity contribution >= 4 is 35.8 Å². The van der Waals surface area contributed by atoms with Gasteiger partial charge >= 0.3 is 0 Å². The van der Waals surface area contributed by atoms with Gasteiger partial charge in [0.1, 0.15) is 5.82 Å². The SMILES string of the molecule is CCNC(=NCc1cccnc1N(C)C)NCCCN1CCCCC1C.I. The van der Waals surface area contributed by atoms with Gasteiger partial charge in [-0.3, -0.25) is 0 Å². The molecule has 2 heterocycles. The molecule has 1 saturated heterocycles. The van der Waals surface area contributed by atoms with Crippen molar-refractivity contribution in [3.05, 3.63) is 23.9 Å². The fourth-order valence-corrected chi connectivity index (χ4v) is 3.44. The Morgan fingerprint density at radius 2 is 2.15 bits per heavy atom. The van der Waals surface area contributed by atoms with Crippen LogP contribution < -0.4 is 15.5 Å². The molecule has 2 N–H and O–H groups in total. The van der Waals surface area contributed by atoms with Crippen LogP contribution in [0.3, 0.4) is 0 Å². The number of hydrogen-bond acceptors (Lipinski definition) is 4. The summed E-state index contributed by atoms with van der Waals surface area (Å²) >= 11 is 0. The van der Waals surface area contributed by atoms with Gasteiger partial charge in [0.15, 0.2) is 5.96 Å². The third kappa shape index (κ3) is 8.21. The van der Waals surface area contributed by atoms with Gasteiger partial charge < -0.3 is 20.4 Å². The standard InChI is InChI=1S/C20H36N6.HI/c1-5-21-20(23-13-9-15-26-14-7-6-10-17(26)2)24-16-18-11-8-12-22-19(18)25(3)4;/h8,11-12,17H,5-7,9-10,13-16H2,1-4H3,(H2,21,23,24);1H. The minimum atomic E-state index is 0. The molecule has 0 amide bonds. The van der Waals surface area contributed by atoms with Gasteiger partial charge in [0.25, 0.3) is 0 Å². The Labute approximate surface area is 182 Å². The van der Waals surface area contributed by atoms with Crippen molar-refractivity contribution in [2.75, 3.05) is 45.2 Å². The van der Waals surface area contributed by atoms with Crippen LogP contribution in [0.25, 0.3) is 0 Å². The maximum Gasteiger partial charge on any atom is 0.191 e. The largest absolute Gasteiger partial charge is 0.362 e. The molecule has 154 valence electrons. The van der Waals surface area contributed by atoms with Crippen molar-refractivity contribution in [3.8, 4) is 0 Å². The molecule has 1 aliphatic heterocycles. The summed E-state index contributed by atoms with van der Waals surface area (Å²) in [6.07, 6.45) is 7.05. The first-order valence-corrected chi connectivity index (χ1v) is 9.99. The van der Waals surface area contributed by atoms with E-state index in [2.05, 4.69) is 40.4 Å². The normalized spacial score (nSPS) is 17.9. The molecule has 1 aromatic rings. The number of halogens is 1. The second-order valence-corrected chi connectivity index (χ2v) is 7.24. The van der Waals surface area contributed by atoms with Crippen LogP contribution in [0.1, 0.15) is 45.1 Å². The van der Waals surface area contributed by atoms with Crippen molar-refractivity contribution in [2.45, 2.75) is 52.1 Å². The van der Waals surface area contributed by atoms with Crippen molar-refractivity contribution < 1.29 is 0 Å². The summed E-state index contributed by atoms with van der Waals surface area (Å²) in [6.45, 7) is 9.31. The number of nitrogens with one attached hydrogen (secondary N) is 2. The number of pyridine rings is 1. The number of rotatable bonds is 8. The third-order valence-electron chi connectivity index (χ3n) is 4.90. The van der Waals surface area contributed by atoms with E-state index in [1.54, 1.807) is 0 Å². The summed E-state index contributed by atoms with van der Waals surface area (Å²) in [5, 5.41) is 6.81. The van der Waals surface area contributed by atoms with Crippen LogP contribution in [-0.2, 0) is 6.54 Å². The molecule has 0 bridgehead atoms. The molecule has 1 aliphatic rings. The molecule has 1 unspecified atom stereocenters. The Balaban J connectivity index is 0.00000364. The van der Waals surface area contributed by atoms with E-state index in [-0.39, 0.29) is 24.0 Å². The summed E-state index contributed by atoms with van der Waals surface area (Å²) in [4.78, 5) is 13.8. The number of aromatic nitrogens is 1. The van der Waals surface area contributed by atoms with E-state index < -0.39 is 0 Å². The number of guanidine groups is 1. The number of likely N-dealkylation sites (tertiary alicyclic amines) is 1. The molecule has 0 aliphatic carbocycles. The minimum Gasteiger partial charge on any atom is -0.362 e. The number of anilines is 1. The van der Waals surface area contributed by atoms with Crippen molar-refractivity contribution in [3.63, 3.8) is 0 Å².